The van der Waals surface area contributed by atoms with E-state index in [2.05, 4.69) is 6.58 Å². The normalized spacial score (nSPS) is 10.2. The molecule has 0 unspecified atom stereocenters. The topological polar surface area (TPSA) is 20.2 Å². The summed E-state index contributed by atoms with van der Waals surface area (Å²) in [6, 6.07) is 0. The van der Waals surface area contributed by atoms with E-state index in [0.717, 1.165) is 25.5 Å². The second-order valence-corrected chi connectivity index (χ2v) is 1.96. The largest absolute Gasteiger partial charge is 0.516 e. The fourth-order valence-electron chi connectivity index (χ4n) is 0.625. The van der Waals surface area contributed by atoms with Crippen molar-refractivity contribution in [1.82, 2.24) is 0 Å². The predicted molar refractivity (Wildman–Crippen MR) is 40.4 cm³/mol. The van der Waals surface area contributed by atoms with Gasteiger partial charge in [-0.2, -0.15) is 0 Å². The zero-order valence-electron chi connectivity index (χ0n) is 5.71. The number of aliphatic hydroxyl groups excluding tert-OH is 1. The molecule has 0 aromatic carbocycles. The monoisotopic (exact) mass is 126 g/mol. The molecular formula is C8H14O. The van der Waals surface area contributed by atoms with Gasteiger partial charge in [0.25, 0.3) is 0 Å². The molecule has 0 saturated carbocycles. The summed E-state index contributed by atoms with van der Waals surface area (Å²) in [6.07, 6.45) is 9.17. The van der Waals surface area contributed by atoms with E-state index in [1.54, 1.807) is 6.08 Å². The quantitative estimate of drug-likeness (QED) is 0.341. The third-order valence-corrected chi connectivity index (χ3v) is 1.13. The van der Waals surface area contributed by atoms with Crippen LogP contribution in [0.5, 0.6) is 0 Å². The average molecular weight is 126 g/mol. The van der Waals surface area contributed by atoms with Crippen molar-refractivity contribution in [3.05, 3.63) is 25.0 Å². The van der Waals surface area contributed by atoms with Crippen LogP contribution in [-0.4, -0.2) is 5.11 Å². The van der Waals surface area contributed by atoms with Gasteiger partial charge in [0.2, 0.25) is 0 Å². The van der Waals surface area contributed by atoms with Crippen LogP contribution in [0.15, 0.2) is 25.0 Å². The Morgan fingerprint density at radius 1 is 1.22 bits per heavy atom. The summed E-state index contributed by atoms with van der Waals surface area (Å²) in [5, 5.41) is 8.22. The van der Waals surface area contributed by atoms with E-state index in [4.69, 9.17) is 5.11 Å². The Kier molecular flexibility index (Phi) is 6.70. The number of rotatable bonds is 5. The van der Waals surface area contributed by atoms with E-state index in [-0.39, 0.29) is 0 Å². The lowest BCUT2D eigenvalue weighted by atomic mass is 10.2. The molecule has 0 bridgehead atoms. The van der Waals surface area contributed by atoms with Gasteiger partial charge in [-0.1, -0.05) is 12.2 Å². The van der Waals surface area contributed by atoms with Crippen LogP contribution in [0, 0.1) is 0 Å². The molecule has 0 aliphatic heterocycles. The first-order chi connectivity index (χ1) is 4.41. The molecule has 0 radical (unpaired) electrons. The van der Waals surface area contributed by atoms with Crippen molar-refractivity contribution < 1.29 is 5.11 Å². The van der Waals surface area contributed by atoms with Crippen molar-refractivity contribution >= 4 is 0 Å². The van der Waals surface area contributed by atoms with Crippen molar-refractivity contribution in [3.8, 4) is 0 Å². The Hall–Kier alpha value is -0.720. The molecule has 0 saturated heterocycles. The zero-order chi connectivity index (χ0) is 6.95. The summed E-state index contributed by atoms with van der Waals surface area (Å²) in [6.45, 7) is 3.61. The molecule has 0 atom stereocenters. The Morgan fingerprint density at radius 3 is 2.44 bits per heavy atom. The first-order valence-corrected chi connectivity index (χ1v) is 3.32. The Morgan fingerprint density at radius 2 is 1.89 bits per heavy atom. The minimum absolute atomic E-state index is 0.977. The molecular weight excluding hydrogens is 112 g/mol. The van der Waals surface area contributed by atoms with Gasteiger partial charge in [0.05, 0.1) is 6.26 Å². The van der Waals surface area contributed by atoms with Crippen molar-refractivity contribution in [2.45, 2.75) is 25.7 Å². The van der Waals surface area contributed by atoms with Crippen LogP contribution >= 0.6 is 0 Å². The number of aliphatic hydroxyl groups is 1. The van der Waals surface area contributed by atoms with Crippen LogP contribution in [0.1, 0.15) is 25.7 Å². The first-order valence-electron chi connectivity index (χ1n) is 3.32. The molecule has 52 valence electrons. The highest BCUT2D eigenvalue weighted by Gasteiger charge is 1.80. The SMILES string of the molecule is C=CCCCCC=CO. The van der Waals surface area contributed by atoms with Gasteiger partial charge < -0.3 is 5.11 Å². The highest BCUT2D eigenvalue weighted by molar-refractivity contribution is 4.72. The molecule has 0 heterocycles. The molecule has 0 spiro atoms. The summed E-state index contributed by atoms with van der Waals surface area (Å²) < 4.78 is 0. The van der Waals surface area contributed by atoms with Gasteiger partial charge in [0, 0.05) is 0 Å². The molecule has 0 aliphatic rings. The van der Waals surface area contributed by atoms with Gasteiger partial charge in [-0.3, -0.25) is 0 Å². The van der Waals surface area contributed by atoms with Gasteiger partial charge >= 0.3 is 0 Å². The van der Waals surface area contributed by atoms with Crippen LogP contribution in [0.4, 0.5) is 0 Å². The smallest absolute Gasteiger partial charge is 0.0751 e. The zero-order valence-corrected chi connectivity index (χ0v) is 5.71. The van der Waals surface area contributed by atoms with E-state index in [1.165, 1.54) is 6.42 Å². The highest BCUT2D eigenvalue weighted by Crippen LogP contribution is 1.99. The summed E-state index contributed by atoms with van der Waals surface area (Å²) in [5.74, 6) is 0. The van der Waals surface area contributed by atoms with Gasteiger partial charge in [-0.25, -0.2) is 0 Å². The fourth-order valence-corrected chi connectivity index (χ4v) is 0.625. The summed E-state index contributed by atoms with van der Waals surface area (Å²) in [4.78, 5) is 0. The van der Waals surface area contributed by atoms with Crippen molar-refractivity contribution in [3.63, 3.8) is 0 Å². The lowest BCUT2D eigenvalue weighted by molar-refractivity contribution is 0.470. The standard InChI is InChI=1S/C8H14O/c1-2-3-4-5-6-7-8-9/h2,7-9H,1,3-6H2. The third-order valence-electron chi connectivity index (χ3n) is 1.13. The predicted octanol–water partition coefficient (Wildman–Crippen LogP) is 2.80. The van der Waals surface area contributed by atoms with E-state index >= 15 is 0 Å². The average Bonchev–Trinajstić information content (AvgIpc) is 1.89. The van der Waals surface area contributed by atoms with Gasteiger partial charge in [0.15, 0.2) is 0 Å². The van der Waals surface area contributed by atoms with E-state index < -0.39 is 0 Å². The van der Waals surface area contributed by atoms with Crippen molar-refractivity contribution in [2.24, 2.45) is 0 Å². The van der Waals surface area contributed by atoms with Crippen LogP contribution in [0.3, 0.4) is 0 Å². The summed E-state index contributed by atoms with van der Waals surface area (Å²) in [5.41, 5.74) is 0. The maximum atomic E-state index is 8.22. The van der Waals surface area contributed by atoms with Crippen LogP contribution in [-0.2, 0) is 0 Å². The Balaban J connectivity index is 2.82. The molecule has 1 heteroatoms. The Labute approximate surface area is 56.7 Å². The van der Waals surface area contributed by atoms with Crippen molar-refractivity contribution in [1.29, 1.82) is 0 Å². The molecule has 9 heavy (non-hydrogen) atoms. The van der Waals surface area contributed by atoms with E-state index in [9.17, 15) is 0 Å². The molecule has 0 aromatic heterocycles. The number of unbranched alkanes of at least 4 members (excludes halogenated alkanes) is 3. The fraction of sp³-hybridized carbons (Fsp3) is 0.500. The molecule has 1 N–H and O–H groups in total. The van der Waals surface area contributed by atoms with Gasteiger partial charge in [0.1, 0.15) is 0 Å². The second-order valence-electron chi connectivity index (χ2n) is 1.96. The number of hydrogen-bond acceptors (Lipinski definition) is 1. The lowest BCUT2D eigenvalue weighted by Crippen LogP contribution is -1.70. The highest BCUT2D eigenvalue weighted by atomic mass is 16.2. The molecule has 0 fully saturated rings. The van der Waals surface area contributed by atoms with E-state index in [0.29, 0.717) is 0 Å². The summed E-state index contributed by atoms with van der Waals surface area (Å²) in [7, 11) is 0. The maximum absolute atomic E-state index is 8.22. The summed E-state index contributed by atoms with van der Waals surface area (Å²) >= 11 is 0. The number of hydrogen-bond donors (Lipinski definition) is 1. The van der Waals surface area contributed by atoms with Crippen LogP contribution in [0.2, 0.25) is 0 Å². The molecule has 0 aliphatic carbocycles. The molecule has 0 rings (SSSR count). The van der Waals surface area contributed by atoms with Crippen LogP contribution < -0.4 is 0 Å². The minimum atomic E-state index is 0.977. The molecule has 1 nitrogen and oxygen atoms in total. The molecule has 0 amide bonds. The van der Waals surface area contributed by atoms with E-state index in [1.807, 2.05) is 6.08 Å². The van der Waals surface area contributed by atoms with Crippen LogP contribution in [0.25, 0.3) is 0 Å². The van der Waals surface area contributed by atoms with Crippen molar-refractivity contribution in [2.75, 3.05) is 0 Å². The lowest BCUT2D eigenvalue weighted by Gasteiger charge is -1.89. The van der Waals surface area contributed by atoms with Gasteiger partial charge in [-0.15, -0.1) is 6.58 Å². The minimum Gasteiger partial charge on any atom is -0.516 e. The number of allylic oxidation sites excluding steroid dienone is 2. The molecule has 0 aromatic rings. The Bertz CT molecular complexity index is 84.6. The van der Waals surface area contributed by atoms with Gasteiger partial charge in [-0.05, 0) is 25.7 Å². The third kappa shape index (κ3) is 7.28. The first kappa shape index (κ1) is 8.28. The maximum Gasteiger partial charge on any atom is 0.0751 e. The second kappa shape index (κ2) is 7.28.